The molecule has 6 heteroatoms. The van der Waals surface area contributed by atoms with Crippen molar-refractivity contribution < 1.29 is 15.0 Å². The number of rotatable bonds is 3. The highest BCUT2D eigenvalue weighted by molar-refractivity contribution is 5.95. The number of nitrogens with one attached hydrogen (secondary N) is 2. The molecule has 0 bridgehead atoms. The number of amides is 1. The van der Waals surface area contributed by atoms with Crippen molar-refractivity contribution in [2.24, 2.45) is 0 Å². The van der Waals surface area contributed by atoms with Crippen molar-refractivity contribution in [3.63, 3.8) is 0 Å². The Labute approximate surface area is 103 Å². The number of nitrogens with zero attached hydrogens (tertiary/aromatic N) is 1. The van der Waals surface area contributed by atoms with Gasteiger partial charge in [0.25, 0.3) is 5.91 Å². The normalized spacial score (nSPS) is 12.1. The molecule has 94 valence electrons. The number of benzene rings is 1. The predicted octanol–water partition coefficient (Wildman–Crippen LogP) is 1.31. The molecule has 1 amide bonds. The van der Waals surface area contributed by atoms with Crippen molar-refractivity contribution in [1.29, 1.82) is 0 Å². The highest BCUT2D eigenvalue weighted by Crippen LogP contribution is 2.25. The lowest BCUT2D eigenvalue weighted by Gasteiger charge is -2.11. The Kier molecular flexibility index (Phi) is 3.18. The molecular weight excluding hydrogens is 234 g/mol. The molecule has 0 aliphatic heterocycles. The zero-order valence-electron chi connectivity index (χ0n) is 9.71. The van der Waals surface area contributed by atoms with E-state index in [-0.39, 0.29) is 29.0 Å². The van der Waals surface area contributed by atoms with Crippen LogP contribution in [-0.2, 0) is 0 Å². The van der Waals surface area contributed by atoms with Crippen LogP contribution in [0.25, 0.3) is 0 Å². The molecule has 18 heavy (non-hydrogen) atoms. The smallest absolute Gasteiger partial charge is 0.251 e. The molecule has 4 N–H and O–H groups in total. The van der Waals surface area contributed by atoms with Gasteiger partial charge in [-0.15, -0.1) is 0 Å². The van der Waals surface area contributed by atoms with Gasteiger partial charge in [-0.05, 0) is 25.1 Å². The van der Waals surface area contributed by atoms with Gasteiger partial charge in [0.1, 0.15) is 5.82 Å². The Morgan fingerprint density at radius 2 is 2.17 bits per heavy atom. The molecule has 2 aromatic rings. The number of carbonyl (C=O) groups is 1. The first-order valence-corrected chi connectivity index (χ1v) is 5.40. The molecule has 0 saturated heterocycles. The molecule has 0 aliphatic carbocycles. The van der Waals surface area contributed by atoms with E-state index < -0.39 is 0 Å². The fourth-order valence-electron chi connectivity index (χ4n) is 1.53. The first-order chi connectivity index (χ1) is 8.58. The van der Waals surface area contributed by atoms with E-state index in [1.165, 1.54) is 18.2 Å². The van der Waals surface area contributed by atoms with Crippen molar-refractivity contribution in [3.8, 4) is 11.5 Å². The van der Waals surface area contributed by atoms with Crippen molar-refractivity contribution in [1.82, 2.24) is 15.3 Å². The lowest BCUT2D eigenvalue weighted by atomic mass is 10.1. The van der Waals surface area contributed by atoms with Crippen LogP contribution in [-0.4, -0.2) is 26.1 Å². The fourth-order valence-corrected chi connectivity index (χ4v) is 1.53. The molecule has 0 radical (unpaired) electrons. The quantitative estimate of drug-likeness (QED) is 0.614. The first-order valence-electron chi connectivity index (χ1n) is 5.40. The number of hydrogen-bond donors (Lipinski definition) is 4. The summed E-state index contributed by atoms with van der Waals surface area (Å²) in [6.07, 6.45) is 3.27. The van der Waals surface area contributed by atoms with Crippen LogP contribution in [0.2, 0.25) is 0 Å². The lowest BCUT2D eigenvalue weighted by Crippen LogP contribution is -2.27. The van der Waals surface area contributed by atoms with Crippen LogP contribution in [0.4, 0.5) is 0 Å². The predicted molar refractivity (Wildman–Crippen MR) is 64.2 cm³/mol. The summed E-state index contributed by atoms with van der Waals surface area (Å²) in [7, 11) is 0. The summed E-state index contributed by atoms with van der Waals surface area (Å²) in [5.41, 5.74) is 0.267. The van der Waals surface area contributed by atoms with Gasteiger partial charge in [-0.2, -0.15) is 0 Å². The maximum Gasteiger partial charge on any atom is 0.251 e. The molecule has 1 aromatic carbocycles. The molecule has 1 atom stereocenters. The molecular formula is C12H13N3O3. The van der Waals surface area contributed by atoms with Crippen LogP contribution in [0.5, 0.6) is 11.5 Å². The summed E-state index contributed by atoms with van der Waals surface area (Å²) in [4.78, 5) is 18.8. The Morgan fingerprint density at radius 3 is 2.78 bits per heavy atom. The number of aromatic nitrogens is 2. The monoisotopic (exact) mass is 247 g/mol. The van der Waals surface area contributed by atoms with Crippen LogP contribution in [0.1, 0.15) is 29.1 Å². The first kappa shape index (κ1) is 12.0. The van der Waals surface area contributed by atoms with Crippen molar-refractivity contribution >= 4 is 5.91 Å². The second-order valence-corrected chi connectivity index (χ2v) is 3.87. The number of hydrogen-bond acceptors (Lipinski definition) is 4. The van der Waals surface area contributed by atoms with E-state index in [1.807, 2.05) is 0 Å². The maximum absolute atomic E-state index is 11.9. The summed E-state index contributed by atoms with van der Waals surface area (Å²) < 4.78 is 0. The summed E-state index contributed by atoms with van der Waals surface area (Å²) in [5.74, 6) is -0.292. The molecule has 0 spiro atoms. The number of phenols is 2. The van der Waals surface area contributed by atoms with Crippen LogP contribution in [0.15, 0.2) is 30.6 Å². The second-order valence-electron chi connectivity index (χ2n) is 3.87. The minimum absolute atomic E-state index is 0.259. The van der Waals surface area contributed by atoms with E-state index in [4.69, 9.17) is 5.11 Å². The number of aromatic amines is 1. The molecule has 1 heterocycles. The average molecular weight is 247 g/mol. The molecule has 2 rings (SSSR count). The second kappa shape index (κ2) is 4.79. The lowest BCUT2D eigenvalue weighted by molar-refractivity contribution is 0.0938. The number of H-pyrrole nitrogens is 1. The maximum atomic E-state index is 11.9. The van der Waals surface area contributed by atoms with Gasteiger partial charge in [-0.25, -0.2) is 4.98 Å². The number of phenolic OH excluding ortho intramolecular Hbond substituents is 2. The highest BCUT2D eigenvalue weighted by Gasteiger charge is 2.14. The molecule has 0 aliphatic rings. The third-order valence-corrected chi connectivity index (χ3v) is 2.51. The van der Waals surface area contributed by atoms with E-state index in [1.54, 1.807) is 19.3 Å². The highest BCUT2D eigenvalue weighted by atomic mass is 16.3. The minimum Gasteiger partial charge on any atom is -0.504 e. The minimum atomic E-state index is -0.353. The topological polar surface area (TPSA) is 98.2 Å². The summed E-state index contributed by atoms with van der Waals surface area (Å²) >= 11 is 0. The molecule has 6 nitrogen and oxygen atoms in total. The summed E-state index contributed by atoms with van der Waals surface area (Å²) in [6, 6.07) is 3.63. The molecule has 1 aromatic heterocycles. The molecule has 0 saturated carbocycles. The van der Waals surface area contributed by atoms with Gasteiger partial charge in [0, 0.05) is 18.0 Å². The van der Waals surface area contributed by atoms with E-state index in [9.17, 15) is 9.90 Å². The van der Waals surface area contributed by atoms with Crippen molar-refractivity contribution in [2.45, 2.75) is 13.0 Å². The molecule has 1 unspecified atom stereocenters. The van der Waals surface area contributed by atoms with Crippen LogP contribution < -0.4 is 5.32 Å². The number of aromatic hydroxyl groups is 2. The van der Waals surface area contributed by atoms with E-state index in [0.717, 1.165) is 0 Å². The van der Waals surface area contributed by atoms with Crippen molar-refractivity contribution in [2.75, 3.05) is 0 Å². The SMILES string of the molecule is CC(NC(=O)c1ccc(O)c(O)c1)c1ncc[nH]1. The Balaban J connectivity index is 2.10. The third-order valence-electron chi connectivity index (χ3n) is 2.51. The van der Waals surface area contributed by atoms with Crippen LogP contribution in [0, 0.1) is 0 Å². The average Bonchev–Trinajstić information content (AvgIpc) is 2.86. The number of carbonyl (C=O) groups excluding carboxylic acids is 1. The third kappa shape index (κ3) is 2.42. The van der Waals surface area contributed by atoms with Gasteiger partial charge in [0.2, 0.25) is 0 Å². The van der Waals surface area contributed by atoms with Gasteiger partial charge in [0.15, 0.2) is 11.5 Å². The largest absolute Gasteiger partial charge is 0.504 e. The zero-order valence-corrected chi connectivity index (χ0v) is 9.71. The van der Waals surface area contributed by atoms with E-state index in [2.05, 4.69) is 15.3 Å². The Hall–Kier alpha value is -2.50. The van der Waals surface area contributed by atoms with Gasteiger partial charge in [-0.1, -0.05) is 0 Å². The fraction of sp³-hybridized carbons (Fsp3) is 0.167. The van der Waals surface area contributed by atoms with E-state index in [0.29, 0.717) is 5.82 Å². The number of imidazole rings is 1. The van der Waals surface area contributed by atoms with Crippen LogP contribution >= 0.6 is 0 Å². The van der Waals surface area contributed by atoms with Crippen LogP contribution in [0.3, 0.4) is 0 Å². The summed E-state index contributed by atoms with van der Waals surface area (Å²) in [6.45, 7) is 1.79. The van der Waals surface area contributed by atoms with Gasteiger partial charge >= 0.3 is 0 Å². The zero-order chi connectivity index (χ0) is 13.1. The van der Waals surface area contributed by atoms with Gasteiger partial charge in [-0.3, -0.25) is 4.79 Å². The standard InChI is InChI=1S/C12H13N3O3/c1-7(11-13-4-5-14-11)15-12(18)8-2-3-9(16)10(17)6-8/h2-7,16-17H,1H3,(H,13,14)(H,15,18). The Morgan fingerprint density at radius 1 is 1.39 bits per heavy atom. The van der Waals surface area contributed by atoms with Gasteiger partial charge < -0.3 is 20.5 Å². The summed E-state index contributed by atoms with van der Waals surface area (Å²) in [5, 5.41) is 21.2. The van der Waals surface area contributed by atoms with Gasteiger partial charge in [0.05, 0.1) is 6.04 Å². The molecule has 0 fully saturated rings. The Bertz CT molecular complexity index is 552. The van der Waals surface area contributed by atoms with E-state index >= 15 is 0 Å². The van der Waals surface area contributed by atoms with Crippen molar-refractivity contribution in [3.05, 3.63) is 42.0 Å².